The van der Waals surface area contributed by atoms with Crippen LogP contribution >= 0.6 is 0 Å². The van der Waals surface area contributed by atoms with Crippen LogP contribution in [0.25, 0.3) is 54.7 Å². The monoisotopic (exact) mass is 752 g/mol. The van der Waals surface area contributed by atoms with Gasteiger partial charge in [0.1, 0.15) is 5.75 Å². The van der Waals surface area contributed by atoms with Gasteiger partial charge in [-0.05, 0) is 117 Å². The summed E-state index contributed by atoms with van der Waals surface area (Å²) in [4.78, 5) is 6.43. The largest absolute Gasteiger partial charge is 0.472 e. The normalized spacial score (nSPS) is 19.2. The molecule has 0 saturated carbocycles. The van der Waals surface area contributed by atoms with E-state index in [2.05, 4.69) is 165 Å². The Kier molecular flexibility index (Phi) is 7.68. The third kappa shape index (κ3) is 4.66. The van der Waals surface area contributed by atoms with E-state index in [-0.39, 0.29) is 10.8 Å². The van der Waals surface area contributed by atoms with E-state index in [1.807, 2.05) is 6.07 Å². The maximum Gasteiger partial charge on any atom is 0.187 e. The Morgan fingerprint density at radius 1 is 0.655 bits per heavy atom. The molecule has 2 aliphatic heterocycles. The molecule has 3 nitrogen and oxygen atoms in total. The lowest BCUT2D eigenvalue weighted by Gasteiger charge is -2.40. The van der Waals surface area contributed by atoms with Gasteiger partial charge < -0.3 is 9.64 Å². The van der Waals surface area contributed by atoms with E-state index in [0.29, 0.717) is 5.69 Å². The number of nitrogens with zero attached hydrogens (tertiary/aromatic N) is 2. The fourth-order valence-electron chi connectivity index (χ4n) is 11.6. The van der Waals surface area contributed by atoms with E-state index in [1.54, 1.807) is 0 Å². The zero-order chi connectivity index (χ0) is 39.4. The van der Waals surface area contributed by atoms with E-state index in [9.17, 15) is 0 Å². The first-order valence-corrected chi connectivity index (χ1v) is 21.4. The van der Waals surface area contributed by atoms with Gasteiger partial charge in [-0.15, -0.1) is 0 Å². The van der Waals surface area contributed by atoms with Crippen LogP contribution in [0.15, 0.2) is 127 Å². The van der Waals surface area contributed by atoms with Crippen LogP contribution in [0.3, 0.4) is 0 Å². The smallest absolute Gasteiger partial charge is 0.187 e. The first kappa shape index (κ1) is 35.1. The lowest BCUT2D eigenvalue weighted by atomic mass is 9.71. The minimum atomic E-state index is -0.879. The van der Waals surface area contributed by atoms with Crippen molar-refractivity contribution in [3.8, 4) is 28.0 Å². The van der Waals surface area contributed by atoms with E-state index in [0.717, 1.165) is 48.2 Å². The van der Waals surface area contributed by atoms with E-state index >= 15 is 0 Å². The molecule has 58 heavy (non-hydrogen) atoms. The number of piperidine rings is 1. The summed E-state index contributed by atoms with van der Waals surface area (Å²) in [5, 5.41) is 4.94. The van der Waals surface area contributed by atoms with Crippen molar-refractivity contribution in [2.75, 3.05) is 18.0 Å². The molecule has 0 bridgehead atoms. The Balaban J connectivity index is 1.15. The number of ether oxygens (including phenoxy) is 1. The summed E-state index contributed by atoms with van der Waals surface area (Å²) >= 11 is 0. The van der Waals surface area contributed by atoms with Gasteiger partial charge in [0.2, 0.25) is 0 Å². The zero-order valence-corrected chi connectivity index (χ0v) is 34.0. The van der Waals surface area contributed by atoms with Crippen molar-refractivity contribution in [1.29, 1.82) is 0 Å². The molecule has 2 heterocycles. The minimum absolute atomic E-state index is 0.206. The Morgan fingerprint density at radius 3 is 2.10 bits per heavy atom. The quantitative estimate of drug-likeness (QED) is 0.163. The second-order valence-corrected chi connectivity index (χ2v) is 17.5. The molecule has 1 fully saturated rings. The molecular formula is C55H48N2O. The average molecular weight is 753 g/mol. The lowest BCUT2D eigenvalue weighted by Crippen LogP contribution is -2.36. The van der Waals surface area contributed by atoms with Gasteiger partial charge in [-0.3, -0.25) is 0 Å². The van der Waals surface area contributed by atoms with Crippen molar-refractivity contribution >= 4 is 39.0 Å². The second kappa shape index (κ2) is 12.7. The molecule has 1 unspecified atom stereocenters. The van der Waals surface area contributed by atoms with Crippen LogP contribution in [0.2, 0.25) is 0 Å². The number of fused-ring (bicyclic) bond motifs is 13. The summed E-state index contributed by atoms with van der Waals surface area (Å²) < 4.78 is 7.87. The van der Waals surface area contributed by atoms with Gasteiger partial charge in [0.15, 0.2) is 11.3 Å². The van der Waals surface area contributed by atoms with Crippen LogP contribution in [0, 0.1) is 6.57 Å². The summed E-state index contributed by atoms with van der Waals surface area (Å²) in [7, 11) is 0. The maximum absolute atomic E-state index is 7.91. The topological polar surface area (TPSA) is 16.8 Å². The van der Waals surface area contributed by atoms with Gasteiger partial charge in [-0.25, -0.2) is 4.85 Å². The summed E-state index contributed by atoms with van der Waals surface area (Å²) in [6.07, 6.45) is 10.4. The Hall–Kier alpha value is -6.11. The standard InChI is InChI=1S/C55H48N2O/c1-6-54(7-2)48-34-38(56-5)23-28-45(48)49-42-17-11-12-18-44(42)52-46(51(49)54)29-30-55(58-52,36-20-24-39(25-21-36)57-31-13-8-14-32-57)37-22-27-41-43-26-19-35-15-9-10-16-40(35)50(43)53(3,4)47(41)33-37/h9-12,15-30,33-34H,6-8,13-14,31-32H2,1-4H3. The molecule has 284 valence electrons. The molecule has 0 amide bonds. The predicted octanol–water partition coefficient (Wildman–Crippen LogP) is 14.3. The van der Waals surface area contributed by atoms with Crippen molar-refractivity contribution in [1.82, 2.24) is 0 Å². The average Bonchev–Trinajstić information content (AvgIpc) is 3.71. The molecule has 0 spiro atoms. The van der Waals surface area contributed by atoms with Gasteiger partial charge in [0, 0.05) is 51.7 Å². The molecule has 3 heteroatoms. The molecule has 0 aromatic heterocycles. The number of rotatable bonds is 5. The van der Waals surface area contributed by atoms with Crippen LogP contribution in [-0.2, 0) is 16.4 Å². The minimum Gasteiger partial charge on any atom is -0.472 e. The fourth-order valence-corrected chi connectivity index (χ4v) is 11.6. The van der Waals surface area contributed by atoms with Crippen molar-refractivity contribution in [2.45, 2.75) is 76.2 Å². The number of hydrogen-bond acceptors (Lipinski definition) is 2. The highest BCUT2D eigenvalue weighted by Crippen LogP contribution is 2.61. The highest BCUT2D eigenvalue weighted by atomic mass is 16.5. The van der Waals surface area contributed by atoms with Gasteiger partial charge in [-0.2, -0.15) is 0 Å². The van der Waals surface area contributed by atoms with Crippen molar-refractivity contribution in [3.63, 3.8) is 0 Å². The summed E-state index contributed by atoms with van der Waals surface area (Å²) in [6, 6.07) is 45.0. The van der Waals surface area contributed by atoms with Crippen LogP contribution in [0.4, 0.5) is 11.4 Å². The molecule has 0 radical (unpaired) electrons. The van der Waals surface area contributed by atoms with Crippen LogP contribution in [0.5, 0.6) is 5.75 Å². The van der Waals surface area contributed by atoms with Crippen molar-refractivity contribution in [2.24, 2.45) is 0 Å². The zero-order valence-electron chi connectivity index (χ0n) is 34.0. The van der Waals surface area contributed by atoms with Crippen LogP contribution < -0.4 is 9.64 Å². The fraction of sp³-hybridized carbons (Fsp3) is 0.255. The number of anilines is 1. The third-order valence-electron chi connectivity index (χ3n) is 14.5. The molecule has 4 aliphatic rings. The summed E-state index contributed by atoms with van der Waals surface area (Å²) in [5.74, 6) is 0.940. The van der Waals surface area contributed by atoms with E-state index in [4.69, 9.17) is 11.3 Å². The molecule has 7 aromatic rings. The lowest BCUT2D eigenvalue weighted by molar-refractivity contribution is 0.163. The molecular weight excluding hydrogens is 705 g/mol. The number of hydrogen-bond donors (Lipinski definition) is 0. The molecule has 0 N–H and O–H groups in total. The van der Waals surface area contributed by atoms with Gasteiger partial charge in [0.05, 0.1) is 6.57 Å². The predicted molar refractivity (Wildman–Crippen MR) is 241 cm³/mol. The van der Waals surface area contributed by atoms with Gasteiger partial charge in [-0.1, -0.05) is 137 Å². The Labute approximate surface area is 342 Å². The van der Waals surface area contributed by atoms with Gasteiger partial charge in [0.25, 0.3) is 0 Å². The SMILES string of the molecule is [C-]#[N+]c1ccc2c(c1)C(CC)(CC)c1c3c(c4ccccc4c1-2)OC(c1ccc(N2CCCCC2)cc1)(c1ccc2c(c1)C(C)(C)c1c-2ccc2ccccc12)C=C3. The van der Waals surface area contributed by atoms with E-state index in [1.165, 1.54) is 91.2 Å². The van der Waals surface area contributed by atoms with Crippen molar-refractivity contribution < 1.29 is 4.74 Å². The van der Waals surface area contributed by atoms with Crippen LogP contribution in [-0.4, -0.2) is 13.1 Å². The van der Waals surface area contributed by atoms with Crippen LogP contribution in [0.1, 0.15) is 98.7 Å². The first-order valence-electron chi connectivity index (χ1n) is 21.4. The third-order valence-corrected chi connectivity index (χ3v) is 14.5. The summed E-state index contributed by atoms with van der Waals surface area (Å²) in [6.45, 7) is 19.5. The highest BCUT2D eigenvalue weighted by molar-refractivity contribution is 6.09. The number of benzene rings is 7. The van der Waals surface area contributed by atoms with E-state index < -0.39 is 5.60 Å². The second-order valence-electron chi connectivity index (χ2n) is 17.5. The molecule has 2 aliphatic carbocycles. The molecule has 1 atom stereocenters. The highest BCUT2D eigenvalue weighted by Gasteiger charge is 2.48. The molecule has 1 saturated heterocycles. The first-order chi connectivity index (χ1) is 28.3. The molecule has 11 rings (SSSR count). The van der Waals surface area contributed by atoms with Gasteiger partial charge >= 0.3 is 0 Å². The van der Waals surface area contributed by atoms with Crippen molar-refractivity contribution in [3.05, 3.63) is 178 Å². The Morgan fingerprint density at radius 2 is 1.34 bits per heavy atom. The Bertz CT molecular complexity index is 2920. The maximum atomic E-state index is 7.91. The molecule has 7 aromatic carbocycles. The summed E-state index contributed by atoms with van der Waals surface area (Å²) in [5.41, 5.74) is 14.6.